The number of hydrogen-bond acceptors (Lipinski definition) is 4. The Hall–Kier alpha value is -1.78. The summed E-state index contributed by atoms with van der Waals surface area (Å²) in [5.41, 5.74) is -0.122. The molecule has 0 radical (unpaired) electrons. The molecule has 1 aliphatic carbocycles. The lowest BCUT2D eigenvalue weighted by molar-refractivity contribution is 0.0934. The predicted molar refractivity (Wildman–Crippen MR) is 71.7 cm³/mol. The summed E-state index contributed by atoms with van der Waals surface area (Å²) in [4.78, 5) is 15.9. The summed E-state index contributed by atoms with van der Waals surface area (Å²) in [7, 11) is 1.57. The molecule has 1 aromatic heterocycles. The second-order valence-corrected chi connectivity index (χ2v) is 5.63. The van der Waals surface area contributed by atoms with Gasteiger partial charge in [0, 0.05) is 13.1 Å². The molecular formula is C14H20N2O3. The Labute approximate surface area is 113 Å². The second-order valence-electron chi connectivity index (χ2n) is 5.63. The average Bonchev–Trinajstić information content (AvgIpc) is 3.10. The highest BCUT2D eigenvalue weighted by atomic mass is 16.5. The van der Waals surface area contributed by atoms with Gasteiger partial charge in [0.2, 0.25) is 0 Å². The summed E-state index contributed by atoms with van der Waals surface area (Å²) in [6.07, 6.45) is 4.01. The molecule has 0 aliphatic heterocycles. The summed E-state index contributed by atoms with van der Waals surface area (Å²) in [5, 5.41) is 2.56. The van der Waals surface area contributed by atoms with Crippen molar-refractivity contribution in [1.29, 1.82) is 0 Å². The number of rotatable bonds is 4. The number of carbonyl (C=O) groups is 1. The van der Waals surface area contributed by atoms with Crippen molar-refractivity contribution in [1.82, 2.24) is 10.3 Å². The molecule has 0 spiro atoms. The van der Waals surface area contributed by atoms with E-state index in [1.807, 2.05) is 20.8 Å². The van der Waals surface area contributed by atoms with Gasteiger partial charge in [-0.2, -0.15) is 0 Å². The maximum Gasteiger partial charge on any atom is 0.273 e. The Morgan fingerprint density at radius 1 is 1.42 bits per heavy atom. The van der Waals surface area contributed by atoms with Gasteiger partial charge >= 0.3 is 0 Å². The van der Waals surface area contributed by atoms with Gasteiger partial charge in [0.1, 0.15) is 11.4 Å². The molecule has 0 unspecified atom stereocenters. The van der Waals surface area contributed by atoms with Crippen molar-refractivity contribution in [3.63, 3.8) is 0 Å². The van der Waals surface area contributed by atoms with Crippen LogP contribution in [0.15, 0.2) is 12.3 Å². The molecule has 0 bridgehead atoms. The van der Waals surface area contributed by atoms with E-state index in [1.54, 1.807) is 19.3 Å². The van der Waals surface area contributed by atoms with Crippen LogP contribution < -0.4 is 14.8 Å². The third-order valence-electron chi connectivity index (χ3n) is 2.51. The topological polar surface area (TPSA) is 60.5 Å². The van der Waals surface area contributed by atoms with Gasteiger partial charge in [-0.15, -0.1) is 0 Å². The van der Waals surface area contributed by atoms with Crippen LogP contribution in [0.25, 0.3) is 0 Å². The largest absolute Gasteiger partial charge is 0.489 e. The van der Waals surface area contributed by atoms with Crippen molar-refractivity contribution >= 4 is 5.91 Å². The van der Waals surface area contributed by atoms with Gasteiger partial charge in [0.25, 0.3) is 5.91 Å². The maximum atomic E-state index is 11.8. The van der Waals surface area contributed by atoms with Crippen LogP contribution in [-0.2, 0) is 0 Å². The van der Waals surface area contributed by atoms with Gasteiger partial charge in [-0.1, -0.05) is 0 Å². The van der Waals surface area contributed by atoms with E-state index < -0.39 is 5.60 Å². The summed E-state index contributed by atoms with van der Waals surface area (Å²) < 4.78 is 11.5. The fourth-order valence-corrected chi connectivity index (χ4v) is 1.57. The van der Waals surface area contributed by atoms with Gasteiger partial charge in [-0.25, -0.2) is 4.98 Å². The van der Waals surface area contributed by atoms with Crippen molar-refractivity contribution in [2.75, 3.05) is 7.05 Å². The summed E-state index contributed by atoms with van der Waals surface area (Å²) in [6.45, 7) is 5.78. The van der Waals surface area contributed by atoms with Crippen molar-refractivity contribution in [3.8, 4) is 11.5 Å². The Balaban J connectivity index is 2.28. The number of hydrogen-bond donors (Lipinski definition) is 1. The van der Waals surface area contributed by atoms with E-state index in [-0.39, 0.29) is 17.7 Å². The van der Waals surface area contributed by atoms with Crippen molar-refractivity contribution in [2.45, 2.75) is 45.3 Å². The first-order chi connectivity index (χ1) is 8.89. The normalized spacial score (nSPS) is 14.9. The first kappa shape index (κ1) is 13.6. The first-order valence-electron chi connectivity index (χ1n) is 6.47. The SMILES string of the molecule is CNC(=O)c1ncc(OC2CC2)cc1OC(C)(C)C. The Morgan fingerprint density at radius 3 is 2.63 bits per heavy atom. The van der Waals surface area contributed by atoms with Crippen LogP contribution in [0.5, 0.6) is 11.5 Å². The molecule has 104 valence electrons. The zero-order valence-electron chi connectivity index (χ0n) is 11.8. The Morgan fingerprint density at radius 2 is 2.11 bits per heavy atom. The number of nitrogens with zero attached hydrogens (tertiary/aromatic N) is 1. The minimum absolute atomic E-state index is 0.266. The van der Waals surface area contributed by atoms with Gasteiger partial charge in [-0.3, -0.25) is 4.79 Å². The molecule has 0 saturated heterocycles. The number of aromatic nitrogens is 1. The van der Waals surface area contributed by atoms with E-state index in [2.05, 4.69) is 10.3 Å². The zero-order valence-corrected chi connectivity index (χ0v) is 11.8. The molecule has 1 aliphatic rings. The first-order valence-corrected chi connectivity index (χ1v) is 6.47. The van der Waals surface area contributed by atoms with Crippen molar-refractivity contribution in [2.24, 2.45) is 0 Å². The number of amides is 1. The summed E-state index contributed by atoms with van der Waals surface area (Å²) >= 11 is 0. The highest BCUT2D eigenvalue weighted by molar-refractivity contribution is 5.94. The molecule has 0 atom stereocenters. The van der Waals surface area contributed by atoms with Crippen LogP contribution in [0.2, 0.25) is 0 Å². The maximum absolute atomic E-state index is 11.8. The van der Waals surface area contributed by atoms with Crippen LogP contribution in [0, 0.1) is 0 Å². The summed E-state index contributed by atoms with van der Waals surface area (Å²) in [6, 6.07) is 1.74. The molecule has 5 nitrogen and oxygen atoms in total. The molecule has 1 fully saturated rings. The molecule has 1 aromatic rings. The highest BCUT2D eigenvalue weighted by Crippen LogP contribution is 2.31. The van der Waals surface area contributed by atoms with E-state index in [4.69, 9.17) is 9.47 Å². The molecular weight excluding hydrogens is 244 g/mol. The minimum Gasteiger partial charge on any atom is -0.489 e. The van der Waals surface area contributed by atoms with Crippen LogP contribution in [-0.4, -0.2) is 29.6 Å². The molecule has 1 heterocycles. The van der Waals surface area contributed by atoms with Crippen LogP contribution >= 0.6 is 0 Å². The molecule has 2 rings (SSSR count). The lowest BCUT2D eigenvalue weighted by Gasteiger charge is -2.22. The van der Waals surface area contributed by atoms with Gasteiger partial charge in [0.15, 0.2) is 11.4 Å². The van der Waals surface area contributed by atoms with Crippen molar-refractivity contribution in [3.05, 3.63) is 18.0 Å². The van der Waals surface area contributed by atoms with Crippen LogP contribution in [0.4, 0.5) is 0 Å². The molecule has 0 aromatic carbocycles. The van der Waals surface area contributed by atoms with Crippen molar-refractivity contribution < 1.29 is 14.3 Å². The average molecular weight is 264 g/mol. The van der Waals surface area contributed by atoms with E-state index in [0.29, 0.717) is 11.5 Å². The second kappa shape index (κ2) is 5.07. The monoisotopic (exact) mass is 264 g/mol. The standard InChI is InChI=1S/C14H20N2O3/c1-14(2,3)19-11-7-10(18-9-5-6-9)8-16-12(11)13(17)15-4/h7-9H,5-6H2,1-4H3,(H,15,17). The van der Waals surface area contributed by atoms with Crippen LogP contribution in [0.1, 0.15) is 44.1 Å². The molecule has 1 saturated carbocycles. The number of pyridine rings is 1. The third-order valence-corrected chi connectivity index (χ3v) is 2.51. The zero-order chi connectivity index (χ0) is 14.0. The Bertz CT molecular complexity index is 476. The van der Waals surface area contributed by atoms with Gasteiger partial charge in [-0.05, 0) is 33.6 Å². The Kier molecular flexibility index (Phi) is 3.64. The van der Waals surface area contributed by atoms with Gasteiger partial charge < -0.3 is 14.8 Å². The summed E-state index contributed by atoms with van der Waals surface area (Å²) in [5.74, 6) is 0.830. The van der Waals surface area contributed by atoms with E-state index in [9.17, 15) is 4.79 Å². The quantitative estimate of drug-likeness (QED) is 0.905. The minimum atomic E-state index is -0.400. The fraction of sp³-hybridized carbons (Fsp3) is 0.571. The molecule has 1 amide bonds. The smallest absolute Gasteiger partial charge is 0.273 e. The lowest BCUT2D eigenvalue weighted by Crippen LogP contribution is -2.27. The van der Waals surface area contributed by atoms with E-state index >= 15 is 0 Å². The predicted octanol–water partition coefficient (Wildman–Crippen LogP) is 2.16. The number of carbonyl (C=O) groups excluding carboxylic acids is 1. The molecule has 1 N–H and O–H groups in total. The highest BCUT2D eigenvalue weighted by Gasteiger charge is 2.25. The molecule has 19 heavy (non-hydrogen) atoms. The van der Waals surface area contributed by atoms with Gasteiger partial charge in [0.05, 0.1) is 12.3 Å². The van der Waals surface area contributed by atoms with E-state index in [1.165, 1.54) is 0 Å². The fourth-order valence-electron chi connectivity index (χ4n) is 1.57. The molecule has 5 heteroatoms. The number of nitrogens with one attached hydrogen (secondary N) is 1. The number of ether oxygens (including phenoxy) is 2. The lowest BCUT2D eigenvalue weighted by atomic mass is 10.2. The third kappa shape index (κ3) is 3.84. The van der Waals surface area contributed by atoms with E-state index in [0.717, 1.165) is 12.8 Å². The van der Waals surface area contributed by atoms with Crippen LogP contribution in [0.3, 0.4) is 0 Å².